The van der Waals surface area contributed by atoms with E-state index in [9.17, 15) is 0 Å². The lowest BCUT2D eigenvalue weighted by molar-refractivity contribution is 0.370. The number of nitrogens with one attached hydrogen (secondary N) is 1. The Morgan fingerprint density at radius 2 is 2.10 bits per heavy atom. The van der Waals surface area contributed by atoms with Gasteiger partial charge in [0.15, 0.2) is 0 Å². The number of halogens is 1. The van der Waals surface area contributed by atoms with Crippen molar-refractivity contribution in [2.75, 3.05) is 12.4 Å². The van der Waals surface area contributed by atoms with Crippen LogP contribution in [0.25, 0.3) is 0 Å². The summed E-state index contributed by atoms with van der Waals surface area (Å²) in [7, 11) is 1.71. The average Bonchev–Trinajstić information content (AvgIpc) is 2.46. The van der Waals surface area contributed by atoms with Gasteiger partial charge in [-0.3, -0.25) is 0 Å². The number of rotatable bonds is 4. The fraction of sp³-hybridized carbons (Fsp3) is 0.353. The van der Waals surface area contributed by atoms with E-state index in [0.717, 1.165) is 29.8 Å². The van der Waals surface area contributed by atoms with Crippen molar-refractivity contribution in [1.82, 2.24) is 4.98 Å². The molecule has 3 nitrogen and oxygen atoms in total. The molecule has 0 aliphatic heterocycles. The predicted molar refractivity (Wildman–Crippen MR) is 86.4 cm³/mol. The lowest BCUT2D eigenvalue weighted by Gasteiger charge is -2.37. The largest absolute Gasteiger partial charge is 0.497 e. The molecule has 1 aromatic heterocycles. The number of benzene rings is 1. The monoisotopic (exact) mass is 302 g/mol. The molecule has 4 heteroatoms. The molecule has 0 amide bonds. The molecule has 0 spiro atoms. The van der Waals surface area contributed by atoms with Crippen molar-refractivity contribution in [1.29, 1.82) is 0 Å². The summed E-state index contributed by atoms with van der Waals surface area (Å²) in [6.07, 6.45) is 4.07. The predicted octanol–water partition coefficient (Wildman–Crippen LogP) is 4.41. The van der Waals surface area contributed by atoms with Crippen LogP contribution in [0.2, 0.25) is 5.15 Å². The van der Waals surface area contributed by atoms with Gasteiger partial charge in [-0.25, -0.2) is 4.98 Å². The number of anilines is 1. The van der Waals surface area contributed by atoms with Crippen LogP contribution in [0.3, 0.4) is 0 Å². The summed E-state index contributed by atoms with van der Waals surface area (Å²) in [4.78, 5) is 4.18. The Morgan fingerprint density at radius 1 is 1.29 bits per heavy atom. The summed E-state index contributed by atoms with van der Waals surface area (Å²) in [5.74, 6) is 1.54. The molecule has 1 aliphatic rings. The van der Waals surface area contributed by atoms with Crippen molar-refractivity contribution in [2.24, 2.45) is 0 Å². The van der Waals surface area contributed by atoms with Gasteiger partial charge < -0.3 is 10.1 Å². The smallest absolute Gasteiger partial charge is 0.132 e. The molecule has 2 aromatic rings. The number of ether oxygens (including phenoxy) is 1. The van der Waals surface area contributed by atoms with Gasteiger partial charge in [-0.2, -0.15) is 0 Å². The van der Waals surface area contributed by atoms with E-state index >= 15 is 0 Å². The van der Waals surface area contributed by atoms with Crippen LogP contribution in [0, 0.1) is 6.92 Å². The van der Waals surface area contributed by atoms with Crippen molar-refractivity contribution in [3.8, 4) is 5.75 Å². The second-order valence-electron chi connectivity index (χ2n) is 5.62. The molecule has 0 unspecified atom stereocenters. The Kier molecular flexibility index (Phi) is 4.02. The maximum atomic E-state index is 5.95. The Balaban J connectivity index is 1.59. The zero-order valence-electron chi connectivity index (χ0n) is 12.3. The van der Waals surface area contributed by atoms with Crippen LogP contribution in [0.4, 0.5) is 5.69 Å². The van der Waals surface area contributed by atoms with E-state index in [2.05, 4.69) is 28.5 Å². The molecule has 0 atom stereocenters. The maximum Gasteiger partial charge on any atom is 0.132 e. The van der Waals surface area contributed by atoms with Crippen molar-refractivity contribution in [2.45, 2.75) is 31.7 Å². The zero-order valence-corrected chi connectivity index (χ0v) is 13.0. The SMILES string of the molecule is COc1cccc(C2CC(Nc3cnc(Cl)c(C)c3)C2)c1. The van der Waals surface area contributed by atoms with Crippen LogP contribution in [-0.4, -0.2) is 18.1 Å². The third-order valence-electron chi connectivity index (χ3n) is 4.09. The van der Waals surface area contributed by atoms with Gasteiger partial charge in [0.05, 0.1) is 19.0 Å². The van der Waals surface area contributed by atoms with Crippen molar-refractivity contribution in [3.63, 3.8) is 0 Å². The number of aryl methyl sites for hydroxylation is 1. The molecule has 110 valence electrons. The summed E-state index contributed by atoms with van der Waals surface area (Å²) >= 11 is 5.95. The number of hydrogen-bond donors (Lipinski definition) is 1. The average molecular weight is 303 g/mol. The maximum absolute atomic E-state index is 5.95. The van der Waals surface area contributed by atoms with Gasteiger partial charge in [-0.1, -0.05) is 23.7 Å². The molecule has 1 saturated carbocycles. The Morgan fingerprint density at radius 3 is 2.81 bits per heavy atom. The fourth-order valence-electron chi connectivity index (χ4n) is 2.78. The quantitative estimate of drug-likeness (QED) is 0.849. The molecule has 0 bridgehead atoms. The summed E-state index contributed by atoms with van der Waals surface area (Å²) in [6.45, 7) is 1.97. The standard InChI is InChI=1S/C17H19ClN2O/c1-11-6-15(10-19-17(11)18)20-14-7-13(8-14)12-4-3-5-16(9-12)21-2/h3-6,9-10,13-14,20H,7-8H2,1-2H3. The lowest BCUT2D eigenvalue weighted by Crippen LogP contribution is -2.34. The second kappa shape index (κ2) is 5.94. The van der Waals surface area contributed by atoms with Crippen LogP contribution in [0.15, 0.2) is 36.5 Å². The van der Waals surface area contributed by atoms with Crippen molar-refractivity contribution < 1.29 is 4.74 Å². The van der Waals surface area contributed by atoms with E-state index < -0.39 is 0 Å². The minimum absolute atomic E-state index is 0.503. The van der Waals surface area contributed by atoms with E-state index in [1.165, 1.54) is 5.56 Å². The van der Waals surface area contributed by atoms with Crippen molar-refractivity contribution >= 4 is 17.3 Å². The molecule has 1 fully saturated rings. The highest BCUT2D eigenvalue weighted by molar-refractivity contribution is 6.30. The van der Waals surface area contributed by atoms with Gasteiger partial charge in [-0.15, -0.1) is 0 Å². The number of methoxy groups -OCH3 is 1. The molecule has 0 radical (unpaired) electrons. The number of aromatic nitrogens is 1. The van der Waals surface area contributed by atoms with E-state index in [4.69, 9.17) is 16.3 Å². The Labute approximate surface area is 130 Å². The molecular formula is C17H19ClN2O. The number of hydrogen-bond acceptors (Lipinski definition) is 3. The van der Waals surface area contributed by atoms with Crippen LogP contribution < -0.4 is 10.1 Å². The lowest BCUT2D eigenvalue weighted by atomic mass is 9.76. The molecule has 0 saturated heterocycles. The molecule has 3 rings (SSSR count). The van der Waals surface area contributed by atoms with Gasteiger partial charge in [0, 0.05) is 6.04 Å². The normalized spacial score (nSPS) is 20.7. The highest BCUT2D eigenvalue weighted by atomic mass is 35.5. The molecule has 1 N–H and O–H groups in total. The topological polar surface area (TPSA) is 34.1 Å². The molecule has 21 heavy (non-hydrogen) atoms. The highest BCUT2D eigenvalue weighted by Gasteiger charge is 2.30. The molecule has 1 aromatic carbocycles. The van der Waals surface area contributed by atoms with Crippen LogP contribution >= 0.6 is 11.6 Å². The fourth-order valence-corrected chi connectivity index (χ4v) is 2.88. The van der Waals surface area contributed by atoms with Crippen LogP contribution in [-0.2, 0) is 0 Å². The van der Waals surface area contributed by atoms with E-state index in [1.54, 1.807) is 13.3 Å². The Bertz CT molecular complexity index is 638. The van der Waals surface area contributed by atoms with Gasteiger partial charge in [0.2, 0.25) is 0 Å². The van der Waals surface area contributed by atoms with E-state index in [0.29, 0.717) is 17.1 Å². The summed E-state index contributed by atoms with van der Waals surface area (Å²) < 4.78 is 5.28. The number of nitrogens with zero attached hydrogens (tertiary/aromatic N) is 1. The Hall–Kier alpha value is -1.74. The minimum atomic E-state index is 0.503. The first-order valence-corrected chi connectivity index (χ1v) is 7.56. The van der Waals surface area contributed by atoms with Gasteiger partial charge in [0.25, 0.3) is 0 Å². The van der Waals surface area contributed by atoms with Crippen LogP contribution in [0.1, 0.15) is 29.9 Å². The summed E-state index contributed by atoms with van der Waals surface area (Å²) in [5, 5.41) is 4.09. The number of pyridine rings is 1. The van der Waals surface area contributed by atoms with Crippen molar-refractivity contribution in [3.05, 3.63) is 52.8 Å². The summed E-state index contributed by atoms with van der Waals surface area (Å²) in [5.41, 5.74) is 3.41. The molecule has 1 heterocycles. The van der Waals surface area contributed by atoms with E-state index in [1.807, 2.05) is 19.1 Å². The highest BCUT2D eigenvalue weighted by Crippen LogP contribution is 2.39. The zero-order chi connectivity index (χ0) is 14.8. The first-order chi connectivity index (χ1) is 10.2. The first-order valence-electron chi connectivity index (χ1n) is 7.18. The molecular weight excluding hydrogens is 284 g/mol. The minimum Gasteiger partial charge on any atom is -0.497 e. The summed E-state index contributed by atoms with van der Waals surface area (Å²) in [6, 6.07) is 10.9. The van der Waals surface area contributed by atoms with Crippen LogP contribution in [0.5, 0.6) is 5.75 Å². The van der Waals surface area contributed by atoms with Gasteiger partial charge >= 0.3 is 0 Å². The van der Waals surface area contributed by atoms with E-state index in [-0.39, 0.29) is 0 Å². The molecule has 1 aliphatic carbocycles. The third kappa shape index (κ3) is 3.13. The van der Waals surface area contributed by atoms with Gasteiger partial charge in [0.1, 0.15) is 10.9 Å². The second-order valence-corrected chi connectivity index (χ2v) is 5.98. The first kappa shape index (κ1) is 14.2. The third-order valence-corrected chi connectivity index (χ3v) is 4.48. The van der Waals surface area contributed by atoms with Gasteiger partial charge in [-0.05, 0) is 55.0 Å².